The molecule has 1 aromatic carbocycles. The first-order chi connectivity index (χ1) is 12.4. The van der Waals surface area contributed by atoms with E-state index >= 15 is 0 Å². The molecule has 0 aliphatic carbocycles. The van der Waals surface area contributed by atoms with Crippen molar-refractivity contribution in [3.63, 3.8) is 0 Å². The summed E-state index contributed by atoms with van der Waals surface area (Å²) in [5, 5.41) is 8.34. The van der Waals surface area contributed by atoms with Gasteiger partial charge in [-0.3, -0.25) is 9.59 Å². The van der Waals surface area contributed by atoms with Crippen LogP contribution in [0.1, 0.15) is 27.3 Å². The minimum absolute atomic E-state index is 0.0203. The Bertz CT molecular complexity index is 891. The highest BCUT2D eigenvalue weighted by molar-refractivity contribution is 6.42. The Balaban J connectivity index is 1.40. The third-order valence-electron chi connectivity index (χ3n) is 5.17. The molecule has 0 N–H and O–H groups in total. The summed E-state index contributed by atoms with van der Waals surface area (Å²) in [4.78, 5) is 28.8. The van der Waals surface area contributed by atoms with Crippen LogP contribution in [-0.4, -0.2) is 62.8 Å². The highest BCUT2D eigenvalue weighted by Crippen LogP contribution is 2.40. The molecule has 4 rings (SSSR count). The van der Waals surface area contributed by atoms with Crippen LogP contribution < -0.4 is 0 Å². The Hall–Kier alpha value is -2.12. The average Bonchev–Trinajstić information content (AvgIpc) is 3.21. The van der Waals surface area contributed by atoms with Crippen molar-refractivity contribution in [2.75, 3.05) is 26.2 Å². The summed E-state index contributed by atoms with van der Waals surface area (Å²) >= 11 is 11.9. The Morgan fingerprint density at radius 2 is 1.81 bits per heavy atom. The Morgan fingerprint density at radius 1 is 1.08 bits per heavy atom. The van der Waals surface area contributed by atoms with E-state index in [0.29, 0.717) is 47.5 Å². The van der Waals surface area contributed by atoms with Gasteiger partial charge in [-0.15, -0.1) is 5.10 Å². The number of likely N-dealkylation sites (tertiary alicyclic amines) is 2. The number of rotatable bonds is 2. The molecule has 2 saturated heterocycles. The second kappa shape index (κ2) is 6.25. The van der Waals surface area contributed by atoms with Crippen LogP contribution in [0.15, 0.2) is 24.4 Å². The second-order valence-corrected chi connectivity index (χ2v) is 7.82. The smallest absolute Gasteiger partial charge is 0.273 e. The molecule has 136 valence electrons. The molecule has 0 bridgehead atoms. The van der Waals surface area contributed by atoms with E-state index in [2.05, 4.69) is 10.3 Å². The van der Waals surface area contributed by atoms with Crippen molar-refractivity contribution in [2.45, 2.75) is 6.42 Å². The number of aromatic nitrogens is 3. The largest absolute Gasteiger partial charge is 0.338 e. The molecule has 7 nitrogen and oxygen atoms in total. The first kappa shape index (κ1) is 17.3. The maximum Gasteiger partial charge on any atom is 0.273 e. The van der Waals surface area contributed by atoms with Crippen molar-refractivity contribution in [1.82, 2.24) is 24.8 Å². The molecule has 3 heterocycles. The van der Waals surface area contributed by atoms with Gasteiger partial charge in [0, 0.05) is 44.2 Å². The van der Waals surface area contributed by atoms with Gasteiger partial charge in [-0.25, -0.2) is 4.68 Å². The van der Waals surface area contributed by atoms with E-state index in [1.807, 2.05) is 4.90 Å². The molecule has 0 radical (unpaired) electrons. The highest BCUT2D eigenvalue weighted by Gasteiger charge is 2.50. The van der Waals surface area contributed by atoms with Gasteiger partial charge in [-0.1, -0.05) is 28.4 Å². The number of carbonyl (C=O) groups excluding carboxylic acids is 2. The van der Waals surface area contributed by atoms with Gasteiger partial charge in [-0.2, -0.15) is 0 Å². The lowest BCUT2D eigenvalue weighted by Crippen LogP contribution is -2.59. The van der Waals surface area contributed by atoms with Crippen molar-refractivity contribution in [1.29, 1.82) is 0 Å². The molecule has 9 heteroatoms. The first-order valence-corrected chi connectivity index (χ1v) is 9.02. The molecule has 26 heavy (non-hydrogen) atoms. The van der Waals surface area contributed by atoms with E-state index in [-0.39, 0.29) is 17.2 Å². The maximum atomic E-state index is 12.7. The fourth-order valence-electron chi connectivity index (χ4n) is 3.73. The summed E-state index contributed by atoms with van der Waals surface area (Å²) in [7, 11) is 1.70. The van der Waals surface area contributed by atoms with Crippen LogP contribution in [0, 0.1) is 5.41 Å². The number of carbonyl (C=O) groups is 2. The lowest BCUT2D eigenvalue weighted by molar-refractivity contribution is 0.0102. The van der Waals surface area contributed by atoms with Crippen LogP contribution in [0.5, 0.6) is 0 Å². The molecule has 2 amide bonds. The van der Waals surface area contributed by atoms with Gasteiger partial charge in [0.05, 0.1) is 16.2 Å². The molecule has 2 aliphatic heterocycles. The zero-order valence-electron chi connectivity index (χ0n) is 14.2. The zero-order valence-corrected chi connectivity index (χ0v) is 15.7. The van der Waals surface area contributed by atoms with Gasteiger partial charge in [0.2, 0.25) is 0 Å². The van der Waals surface area contributed by atoms with Crippen molar-refractivity contribution < 1.29 is 9.59 Å². The highest BCUT2D eigenvalue weighted by atomic mass is 35.5. The van der Waals surface area contributed by atoms with E-state index in [1.54, 1.807) is 30.1 Å². The van der Waals surface area contributed by atoms with Crippen molar-refractivity contribution in [2.24, 2.45) is 12.5 Å². The van der Waals surface area contributed by atoms with Gasteiger partial charge >= 0.3 is 0 Å². The van der Waals surface area contributed by atoms with E-state index < -0.39 is 0 Å². The van der Waals surface area contributed by atoms with E-state index in [0.717, 1.165) is 6.42 Å². The van der Waals surface area contributed by atoms with Crippen LogP contribution in [0.4, 0.5) is 0 Å². The summed E-state index contributed by atoms with van der Waals surface area (Å²) in [6.45, 7) is 2.60. The van der Waals surface area contributed by atoms with Gasteiger partial charge < -0.3 is 9.80 Å². The SMILES string of the molecule is Cn1nncc1C(=O)N1CC2(CCN(C(=O)c3ccc(Cl)c(Cl)c3)C2)C1. The molecule has 2 aliphatic rings. The molecule has 2 fully saturated rings. The summed E-state index contributed by atoms with van der Waals surface area (Å²) in [6, 6.07) is 4.92. The lowest BCUT2D eigenvalue weighted by atomic mass is 9.79. The fraction of sp³-hybridized carbons (Fsp3) is 0.412. The molecule has 0 atom stereocenters. The number of benzene rings is 1. The number of hydrogen-bond donors (Lipinski definition) is 0. The van der Waals surface area contributed by atoms with Gasteiger partial charge in [0.25, 0.3) is 11.8 Å². The molecule has 0 unspecified atom stereocenters. The third kappa shape index (κ3) is 2.85. The van der Waals surface area contributed by atoms with Gasteiger partial charge in [-0.05, 0) is 24.6 Å². The van der Waals surface area contributed by atoms with Crippen molar-refractivity contribution in [3.05, 3.63) is 45.7 Å². The molecule has 1 aromatic heterocycles. The van der Waals surface area contributed by atoms with Crippen LogP contribution in [-0.2, 0) is 7.05 Å². The molecular formula is C17H17Cl2N5O2. The molecule has 2 aromatic rings. The van der Waals surface area contributed by atoms with E-state index in [1.165, 1.54) is 10.9 Å². The predicted octanol–water partition coefficient (Wildman–Crippen LogP) is 2.11. The number of hydrogen-bond acceptors (Lipinski definition) is 4. The first-order valence-electron chi connectivity index (χ1n) is 8.27. The third-order valence-corrected chi connectivity index (χ3v) is 5.90. The zero-order chi connectivity index (χ0) is 18.5. The number of aryl methyl sites for hydroxylation is 1. The topological polar surface area (TPSA) is 71.3 Å². The minimum atomic E-state index is -0.0719. The summed E-state index contributed by atoms with van der Waals surface area (Å²) in [5.41, 5.74) is 0.986. The Morgan fingerprint density at radius 3 is 2.46 bits per heavy atom. The molecular weight excluding hydrogens is 377 g/mol. The van der Waals surface area contributed by atoms with E-state index in [9.17, 15) is 9.59 Å². The summed E-state index contributed by atoms with van der Waals surface area (Å²) in [6.07, 6.45) is 2.36. The quantitative estimate of drug-likeness (QED) is 0.783. The van der Waals surface area contributed by atoms with Crippen LogP contribution in [0.25, 0.3) is 0 Å². The lowest BCUT2D eigenvalue weighted by Gasteiger charge is -2.47. The molecule has 0 saturated carbocycles. The summed E-state index contributed by atoms with van der Waals surface area (Å²) < 4.78 is 1.47. The van der Waals surface area contributed by atoms with Gasteiger partial charge in [0.15, 0.2) is 0 Å². The van der Waals surface area contributed by atoms with Gasteiger partial charge in [0.1, 0.15) is 5.69 Å². The normalized spacial score (nSPS) is 18.3. The fourth-order valence-corrected chi connectivity index (χ4v) is 4.03. The van der Waals surface area contributed by atoms with Crippen molar-refractivity contribution >= 4 is 35.0 Å². The van der Waals surface area contributed by atoms with Crippen molar-refractivity contribution in [3.8, 4) is 0 Å². The maximum absolute atomic E-state index is 12.7. The Kier molecular flexibility index (Phi) is 4.16. The average molecular weight is 394 g/mol. The monoisotopic (exact) mass is 393 g/mol. The second-order valence-electron chi connectivity index (χ2n) is 7.01. The number of halogens is 2. The number of nitrogens with zero attached hydrogens (tertiary/aromatic N) is 5. The van der Waals surface area contributed by atoms with E-state index in [4.69, 9.17) is 23.2 Å². The standard InChI is InChI=1S/C17H17Cl2N5O2/c1-22-14(7-20-21-22)16(26)24-9-17(10-24)4-5-23(8-17)15(25)11-2-3-12(18)13(19)6-11/h2-3,6-7H,4-5,8-10H2,1H3. The van der Waals surface area contributed by atoms with Crippen LogP contribution in [0.2, 0.25) is 10.0 Å². The molecule has 1 spiro atoms. The Labute approximate surface area is 160 Å². The minimum Gasteiger partial charge on any atom is -0.338 e. The van der Waals surface area contributed by atoms with Crippen LogP contribution in [0.3, 0.4) is 0 Å². The number of amides is 2. The van der Waals surface area contributed by atoms with Crippen LogP contribution >= 0.6 is 23.2 Å². The summed E-state index contributed by atoms with van der Waals surface area (Å²) in [5.74, 6) is -0.126. The predicted molar refractivity (Wildman–Crippen MR) is 96.3 cm³/mol.